The number of likely N-dealkylation sites (tertiary alicyclic amines) is 1. The van der Waals surface area contributed by atoms with Crippen LogP contribution >= 0.6 is 0 Å². The van der Waals surface area contributed by atoms with Gasteiger partial charge in [-0.15, -0.1) is 0 Å². The lowest BCUT2D eigenvalue weighted by molar-refractivity contribution is 0.0444. The second-order valence-electron chi connectivity index (χ2n) is 5.33. The number of benzene rings is 1. The van der Waals surface area contributed by atoms with Crippen molar-refractivity contribution in [3.05, 3.63) is 29.8 Å². The molecule has 1 aromatic carbocycles. The van der Waals surface area contributed by atoms with Crippen molar-refractivity contribution >= 4 is 5.69 Å². The molecule has 2 rings (SSSR count). The monoisotopic (exact) mass is 234 g/mol. The summed E-state index contributed by atoms with van der Waals surface area (Å²) in [4.78, 5) is 2.38. The van der Waals surface area contributed by atoms with E-state index in [1.807, 2.05) is 25.1 Å². The van der Waals surface area contributed by atoms with Crippen molar-refractivity contribution in [3.63, 3.8) is 0 Å². The number of hydrogen-bond acceptors (Lipinski definition) is 3. The third-order valence-electron chi connectivity index (χ3n) is 3.61. The molecule has 94 valence electrons. The second-order valence-corrected chi connectivity index (χ2v) is 5.33. The zero-order valence-electron chi connectivity index (χ0n) is 10.5. The zero-order chi connectivity index (χ0) is 12.3. The molecule has 0 aliphatic carbocycles. The molecule has 0 spiro atoms. The van der Waals surface area contributed by atoms with Crippen LogP contribution in [0.25, 0.3) is 0 Å². The number of nitrogen functional groups attached to an aromatic ring is 1. The number of anilines is 1. The molecular formula is C14H22N2O. The molecule has 1 unspecified atom stereocenters. The smallest absolute Gasteiger partial charge is 0.0632 e. The fourth-order valence-corrected chi connectivity index (χ4v) is 2.40. The van der Waals surface area contributed by atoms with Gasteiger partial charge in [-0.25, -0.2) is 0 Å². The van der Waals surface area contributed by atoms with Gasteiger partial charge in [0.15, 0.2) is 0 Å². The molecule has 1 saturated heterocycles. The molecule has 1 aromatic rings. The van der Waals surface area contributed by atoms with Crippen molar-refractivity contribution in [2.75, 3.05) is 18.8 Å². The van der Waals surface area contributed by atoms with Gasteiger partial charge in [-0.2, -0.15) is 0 Å². The van der Waals surface area contributed by atoms with Crippen LogP contribution in [0.15, 0.2) is 24.3 Å². The van der Waals surface area contributed by atoms with Crippen LogP contribution in [0.4, 0.5) is 5.69 Å². The van der Waals surface area contributed by atoms with Crippen molar-refractivity contribution in [2.45, 2.75) is 38.3 Å². The van der Waals surface area contributed by atoms with Crippen LogP contribution in [0.5, 0.6) is 0 Å². The number of hydrogen-bond donors (Lipinski definition) is 2. The lowest BCUT2D eigenvalue weighted by atomic mass is 9.98. The van der Waals surface area contributed by atoms with E-state index in [0.29, 0.717) is 0 Å². The summed E-state index contributed by atoms with van der Waals surface area (Å²) < 4.78 is 0. The summed E-state index contributed by atoms with van der Waals surface area (Å²) in [5.74, 6) is 0. The Hall–Kier alpha value is -1.06. The van der Waals surface area contributed by atoms with E-state index < -0.39 is 5.60 Å². The topological polar surface area (TPSA) is 49.5 Å². The maximum absolute atomic E-state index is 10.0. The van der Waals surface area contributed by atoms with Gasteiger partial charge >= 0.3 is 0 Å². The number of nitrogens with two attached hydrogens (primary N) is 1. The molecule has 1 aliphatic heterocycles. The normalized spacial score (nSPS) is 26.7. The van der Waals surface area contributed by atoms with Crippen LogP contribution < -0.4 is 5.73 Å². The molecule has 17 heavy (non-hydrogen) atoms. The van der Waals surface area contributed by atoms with Crippen LogP contribution in [-0.2, 0) is 6.54 Å². The number of aliphatic hydroxyl groups is 1. The highest BCUT2D eigenvalue weighted by molar-refractivity contribution is 5.46. The van der Waals surface area contributed by atoms with Crippen LogP contribution in [0.1, 0.15) is 31.7 Å². The van der Waals surface area contributed by atoms with Gasteiger partial charge in [0.2, 0.25) is 0 Å². The van der Waals surface area contributed by atoms with Crippen molar-refractivity contribution in [3.8, 4) is 0 Å². The zero-order valence-corrected chi connectivity index (χ0v) is 10.5. The van der Waals surface area contributed by atoms with Gasteiger partial charge in [-0.3, -0.25) is 4.90 Å². The first-order chi connectivity index (χ1) is 8.07. The van der Waals surface area contributed by atoms with Gasteiger partial charge in [0, 0.05) is 18.8 Å². The van der Waals surface area contributed by atoms with E-state index in [1.165, 1.54) is 5.56 Å². The molecule has 0 bridgehead atoms. The quantitative estimate of drug-likeness (QED) is 0.770. The van der Waals surface area contributed by atoms with Gasteiger partial charge < -0.3 is 10.8 Å². The fraction of sp³-hybridized carbons (Fsp3) is 0.571. The molecule has 0 aromatic heterocycles. The predicted molar refractivity (Wildman–Crippen MR) is 70.6 cm³/mol. The lowest BCUT2D eigenvalue weighted by Crippen LogP contribution is -2.28. The third-order valence-corrected chi connectivity index (χ3v) is 3.61. The average Bonchev–Trinajstić information content (AvgIpc) is 2.44. The summed E-state index contributed by atoms with van der Waals surface area (Å²) in [6.45, 7) is 4.82. The van der Waals surface area contributed by atoms with Crippen LogP contribution in [0.3, 0.4) is 0 Å². The first-order valence-corrected chi connectivity index (χ1v) is 6.35. The Morgan fingerprint density at radius 3 is 2.82 bits per heavy atom. The van der Waals surface area contributed by atoms with E-state index in [2.05, 4.69) is 11.0 Å². The van der Waals surface area contributed by atoms with Crippen LogP contribution in [0, 0.1) is 0 Å². The van der Waals surface area contributed by atoms with E-state index in [4.69, 9.17) is 5.73 Å². The number of rotatable bonds is 2. The summed E-state index contributed by atoms with van der Waals surface area (Å²) in [6.07, 6.45) is 2.80. The van der Waals surface area contributed by atoms with Gasteiger partial charge in [-0.05, 0) is 44.4 Å². The van der Waals surface area contributed by atoms with E-state index in [1.54, 1.807) is 0 Å². The first-order valence-electron chi connectivity index (χ1n) is 6.35. The van der Waals surface area contributed by atoms with Crippen molar-refractivity contribution in [2.24, 2.45) is 0 Å². The summed E-state index contributed by atoms with van der Waals surface area (Å²) in [7, 11) is 0. The molecule has 3 N–H and O–H groups in total. The molecule has 0 saturated carbocycles. The largest absolute Gasteiger partial charge is 0.398 e. The Bertz CT molecular complexity index is 376. The van der Waals surface area contributed by atoms with Crippen LogP contribution in [0.2, 0.25) is 0 Å². The second kappa shape index (κ2) is 5.07. The van der Waals surface area contributed by atoms with E-state index >= 15 is 0 Å². The minimum Gasteiger partial charge on any atom is -0.398 e. The Morgan fingerprint density at radius 1 is 1.29 bits per heavy atom. The summed E-state index contributed by atoms with van der Waals surface area (Å²) in [6, 6.07) is 8.02. The molecule has 1 fully saturated rings. The SMILES string of the molecule is CC1(O)CCCN(Cc2ccccc2N)CC1. The molecule has 1 atom stereocenters. The van der Waals surface area contributed by atoms with Crippen LogP contribution in [-0.4, -0.2) is 28.7 Å². The Labute approximate surface area is 103 Å². The van der Waals surface area contributed by atoms with E-state index in [9.17, 15) is 5.11 Å². The fourth-order valence-electron chi connectivity index (χ4n) is 2.40. The van der Waals surface area contributed by atoms with Crippen molar-refractivity contribution in [1.29, 1.82) is 0 Å². The molecule has 0 radical (unpaired) electrons. The minimum atomic E-state index is -0.489. The maximum atomic E-state index is 10.0. The van der Waals surface area contributed by atoms with E-state index in [-0.39, 0.29) is 0 Å². The Morgan fingerprint density at radius 2 is 2.06 bits per heavy atom. The summed E-state index contributed by atoms with van der Waals surface area (Å²) >= 11 is 0. The molecular weight excluding hydrogens is 212 g/mol. The highest BCUT2D eigenvalue weighted by Crippen LogP contribution is 2.23. The number of nitrogens with zero attached hydrogens (tertiary/aromatic N) is 1. The standard InChI is InChI=1S/C14H22N2O/c1-14(17)7-4-9-16(10-8-14)11-12-5-2-3-6-13(12)15/h2-3,5-6,17H,4,7-11,15H2,1H3. The van der Waals surface area contributed by atoms with Gasteiger partial charge in [0.1, 0.15) is 0 Å². The molecule has 1 aliphatic rings. The van der Waals surface area contributed by atoms with Crippen molar-refractivity contribution < 1.29 is 5.11 Å². The van der Waals surface area contributed by atoms with Crippen molar-refractivity contribution in [1.82, 2.24) is 4.90 Å². The Balaban J connectivity index is 1.98. The van der Waals surface area contributed by atoms with Gasteiger partial charge in [0.05, 0.1) is 5.60 Å². The maximum Gasteiger partial charge on any atom is 0.0632 e. The van der Waals surface area contributed by atoms with Gasteiger partial charge in [-0.1, -0.05) is 18.2 Å². The number of para-hydroxylation sites is 1. The third kappa shape index (κ3) is 3.45. The molecule has 0 amide bonds. The van der Waals surface area contributed by atoms with Gasteiger partial charge in [0.25, 0.3) is 0 Å². The first kappa shape index (κ1) is 12.4. The minimum absolute atomic E-state index is 0.489. The van der Waals surface area contributed by atoms with E-state index in [0.717, 1.165) is 44.6 Å². The lowest BCUT2D eigenvalue weighted by Gasteiger charge is -2.22. The Kier molecular flexibility index (Phi) is 3.69. The molecule has 3 heteroatoms. The summed E-state index contributed by atoms with van der Waals surface area (Å²) in [5, 5.41) is 10.0. The predicted octanol–water partition coefficient (Wildman–Crippen LogP) is 2.01. The average molecular weight is 234 g/mol. The summed E-state index contributed by atoms with van der Waals surface area (Å²) in [5.41, 5.74) is 7.52. The molecule has 3 nitrogen and oxygen atoms in total. The highest BCUT2D eigenvalue weighted by Gasteiger charge is 2.24. The highest BCUT2D eigenvalue weighted by atomic mass is 16.3. The molecule has 1 heterocycles.